The van der Waals surface area contributed by atoms with Gasteiger partial charge in [0.2, 0.25) is 10.0 Å². The summed E-state index contributed by atoms with van der Waals surface area (Å²) in [6.07, 6.45) is 2.70. The lowest BCUT2D eigenvalue weighted by Crippen LogP contribution is -2.36. The summed E-state index contributed by atoms with van der Waals surface area (Å²) in [5.74, 6) is 0. The van der Waals surface area contributed by atoms with Crippen molar-refractivity contribution in [2.75, 3.05) is 6.54 Å². The molecule has 0 aliphatic heterocycles. The van der Waals surface area contributed by atoms with E-state index in [-0.39, 0.29) is 13.1 Å². The Bertz CT molecular complexity index is 428. The Kier molecular flexibility index (Phi) is 4.85. The van der Waals surface area contributed by atoms with Crippen molar-refractivity contribution in [2.24, 2.45) is 5.73 Å². The van der Waals surface area contributed by atoms with Gasteiger partial charge in [-0.1, -0.05) is 6.92 Å². The van der Waals surface area contributed by atoms with Crippen molar-refractivity contribution in [1.82, 2.24) is 9.71 Å². The number of thiazole rings is 1. The summed E-state index contributed by atoms with van der Waals surface area (Å²) in [7, 11) is -3.31. The third-order valence-electron chi connectivity index (χ3n) is 2.24. The van der Waals surface area contributed by atoms with Gasteiger partial charge in [-0.05, 0) is 13.3 Å². The van der Waals surface area contributed by atoms with Crippen LogP contribution in [0.15, 0.2) is 6.20 Å². The molecule has 1 heterocycles. The predicted molar refractivity (Wildman–Crippen MR) is 65.8 cm³/mol. The number of aryl methyl sites for hydroxylation is 1. The number of aromatic nitrogens is 1. The van der Waals surface area contributed by atoms with Crippen LogP contribution in [0.3, 0.4) is 0 Å². The predicted octanol–water partition coefficient (Wildman–Crippen LogP) is 0.472. The summed E-state index contributed by atoms with van der Waals surface area (Å²) in [6, 6.07) is 0. The van der Waals surface area contributed by atoms with E-state index in [2.05, 4.69) is 9.71 Å². The van der Waals surface area contributed by atoms with Gasteiger partial charge in [-0.15, -0.1) is 11.3 Å². The Morgan fingerprint density at radius 1 is 1.62 bits per heavy atom. The van der Waals surface area contributed by atoms with Crippen molar-refractivity contribution in [3.63, 3.8) is 0 Å². The van der Waals surface area contributed by atoms with Crippen LogP contribution >= 0.6 is 11.3 Å². The summed E-state index contributed by atoms with van der Waals surface area (Å²) >= 11 is 1.52. The summed E-state index contributed by atoms with van der Waals surface area (Å²) in [4.78, 5) is 5.29. The van der Waals surface area contributed by atoms with Crippen molar-refractivity contribution in [1.29, 1.82) is 0 Å². The number of rotatable bonds is 6. The topological polar surface area (TPSA) is 85.1 Å². The van der Waals surface area contributed by atoms with E-state index in [4.69, 9.17) is 5.73 Å². The molecule has 1 rings (SSSR count). The van der Waals surface area contributed by atoms with Crippen molar-refractivity contribution in [2.45, 2.75) is 32.1 Å². The fourth-order valence-electron chi connectivity index (χ4n) is 1.02. The van der Waals surface area contributed by atoms with Crippen LogP contribution in [-0.4, -0.2) is 25.2 Å². The molecule has 0 amide bonds. The largest absolute Gasteiger partial charge is 0.329 e. The van der Waals surface area contributed by atoms with E-state index in [0.29, 0.717) is 0 Å². The third-order valence-corrected chi connectivity index (χ3v) is 5.18. The second-order valence-corrected chi connectivity index (χ2v) is 6.87. The van der Waals surface area contributed by atoms with E-state index >= 15 is 0 Å². The second-order valence-electron chi connectivity index (χ2n) is 3.49. The molecule has 16 heavy (non-hydrogen) atoms. The molecule has 92 valence electrons. The van der Waals surface area contributed by atoms with Gasteiger partial charge in [0, 0.05) is 17.6 Å². The quantitative estimate of drug-likeness (QED) is 0.781. The van der Waals surface area contributed by atoms with Crippen LogP contribution in [-0.2, 0) is 23.0 Å². The Morgan fingerprint density at radius 3 is 2.81 bits per heavy atom. The van der Waals surface area contributed by atoms with Crippen LogP contribution in [0.5, 0.6) is 0 Å². The summed E-state index contributed by atoms with van der Waals surface area (Å²) in [5.41, 5.74) is 5.32. The summed E-state index contributed by atoms with van der Waals surface area (Å²) < 4.78 is 25.7. The van der Waals surface area contributed by atoms with Crippen molar-refractivity contribution in [3.8, 4) is 0 Å². The molecule has 3 N–H and O–H groups in total. The molecule has 0 fully saturated rings. The van der Waals surface area contributed by atoms with Gasteiger partial charge in [-0.3, -0.25) is 0 Å². The summed E-state index contributed by atoms with van der Waals surface area (Å²) in [5, 5.41) is 0.211. The van der Waals surface area contributed by atoms with Crippen molar-refractivity contribution >= 4 is 21.4 Å². The van der Waals surface area contributed by atoms with Gasteiger partial charge < -0.3 is 5.73 Å². The lowest BCUT2D eigenvalue weighted by Gasteiger charge is -2.10. The highest BCUT2D eigenvalue weighted by atomic mass is 32.2. The monoisotopic (exact) mass is 263 g/mol. The zero-order chi connectivity index (χ0) is 12.2. The molecule has 0 bridgehead atoms. The van der Waals surface area contributed by atoms with E-state index in [1.807, 2.05) is 6.92 Å². The SMILES string of the molecule is CCc1cnc(CNS(=O)(=O)C(C)CN)s1. The molecule has 1 aromatic heterocycles. The first-order chi connectivity index (χ1) is 7.49. The highest BCUT2D eigenvalue weighted by Gasteiger charge is 2.18. The average molecular weight is 263 g/mol. The maximum absolute atomic E-state index is 11.6. The third kappa shape index (κ3) is 3.51. The molecule has 5 nitrogen and oxygen atoms in total. The van der Waals surface area contributed by atoms with Gasteiger partial charge in [0.15, 0.2) is 0 Å². The fourth-order valence-corrected chi connectivity index (χ4v) is 2.79. The van der Waals surface area contributed by atoms with Crippen molar-refractivity contribution in [3.05, 3.63) is 16.1 Å². The van der Waals surface area contributed by atoms with E-state index in [0.717, 1.165) is 16.3 Å². The number of nitrogens with zero attached hydrogens (tertiary/aromatic N) is 1. The van der Waals surface area contributed by atoms with E-state index < -0.39 is 15.3 Å². The zero-order valence-electron chi connectivity index (χ0n) is 9.43. The van der Waals surface area contributed by atoms with Gasteiger partial charge in [-0.2, -0.15) is 0 Å². The molecular formula is C9H17N3O2S2. The smallest absolute Gasteiger partial charge is 0.215 e. The number of sulfonamides is 1. The Morgan fingerprint density at radius 2 is 2.31 bits per heavy atom. The Labute approximate surface area is 100 Å². The van der Waals surface area contributed by atoms with Crippen molar-refractivity contribution < 1.29 is 8.42 Å². The number of hydrogen-bond donors (Lipinski definition) is 2. The molecule has 0 aliphatic carbocycles. The maximum Gasteiger partial charge on any atom is 0.215 e. The van der Waals surface area contributed by atoms with Crippen LogP contribution in [0, 0.1) is 0 Å². The van der Waals surface area contributed by atoms with Gasteiger partial charge in [0.1, 0.15) is 5.01 Å². The minimum Gasteiger partial charge on any atom is -0.329 e. The minimum atomic E-state index is -3.31. The fraction of sp³-hybridized carbons (Fsp3) is 0.667. The normalized spacial score (nSPS) is 13.9. The molecule has 0 aromatic carbocycles. The standard InChI is InChI=1S/C9H17N3O2S2/c1-3-8-5-11-9(15-8)6-12-16(13,14)7(2)4-10/h5,7,12H,3-4,6,10H2,1-2H3. The van der Waals surface area contributed by atoms with E-state index in [9.17, 15) is 8.42 Å². The van der Waals surface area contributed by atoms with Crippen LogP contribution in [0.2, 0.25) is 0 Å². The molecule has 7 heteroatoms. The minimum absolute atomic E-state index is 0.118. The number of nitrogens with two attached hydrogens (primary N) is 1. The van der Waals surface area contributed by atoms with Gasteiger partial charge in [0.05, 0.1) is 11.8 Å². The van der Waals surface area contributed by atoms with Crippen LogP contribution in [0.1, 0.15) is 23.7 Å². The van der Waals surface area contributed by atoms with E-state index in [1.165, 1.54) is 11.3 Å². The highest BCUT2D eigenvalue weighted by molar-refractivity contribution is 7.90. The first-order valence-electron chi connectivity index (χ1n) is 5.11. The first kappa shape index (κ1) is 13.6. The van der Waals surface area contributed by atoms with Crippen LogP contribution in [0.4, 0.5) is 0 Å². The van der Waals surface area contributed by atoms with Crippen LogP contribution in [0.25, 0.3) is 0 Å². The van der Waals surface area contributed by atoms with Gasteiger partial charge >= 0.3 is 0 Å². The van der Waals surface area contributed by atoms with E-state index in [1.54, 1.807) is 13.1 Å². The number of nitrogens with one attached hydrogen (secondary N) is 1. The zero-order valence-corrected chi connectivity index (χ0v) is 11.1. The molecule has 0 spiro atoms. The molecule has 0 saturated carbocycles. The molecular weight excluding hydrogens is 246 g/mol. The average Bonchev–Trinajstić information content (AvgIpc) is 2.73. The Balaban J connectivity index is 2.57. The molecule has 1 aromatic rings. The molecule has 0 aliphatic rings. The molecule has 0 radical (unpaired) electrons. The number of hydrogen-bond acceptors (Lipinski definition) is 5. The van der Waals surface area contributed by atoms with Crippen LogP contribution < -0.4 is 10.5 Å². The summed E-state index contributed by atoms with van der Waals surface area (Å²) in [6.45, 7) is 3.99. The van der Waals surface area contributed by atoms with Gasteiger partial charge in [-0.25, -0.2) is 18.1 Å². The molecule has 0 saturated heterocycles. The first-order valence-corrected chi connectivity index (χ1v) is 7.48. The molecule has 1 unspecified atom stereocenters. The maximum atomic E-state index is 11.6. The highest BCUT2D eigenvalue weighted by Crippen LogP contribution is 2.13. The Hall–Kier alpha value is -0.500. The second kappa shape index (κ2) is 5.72. The molecule has 1 atom stereocenters. The lowest BCUT2D eigenvalue weighted by atomic mass is 10.4. The lowest BCUT2D eigenvalue weighted by molar-refractivity contribution is 0.568. The van der Waals surface area contributed by atoms with Gasteiger partial charge in [0.25, 0.3) is 0 Å².